The number of nitrogens with zero attached hydrogens (tertiary/aromatic N) is 1. The SMILES string of the molecule is CSCCCCCn1c(=S)[nH]c2cc(F)c(C)cc21. The number of benzene rings is 1. The summed E-state index contributed by atoms with van der Waals surface area (Å²) < 4.78 is 16.3. The molecule has 0 unspecified atom stereocenters. The van der Waals surface area contributed by atoms with Crippen LogP contribution in [0.2, 0.25) is 0 Å². The van der Waals surface area contributed by atoms with Gasteiger partial charge in [-0.25, -0.2) is 4.39 Å². The molecular formula is C14H19FN2S2. The lowest BCUT2D eigenvalue weighted by Crippen LogP contribution is -1.98. The van der Waals surface area contributed by atoms with Crippen LogP contribution in [0.1, 0.15) is 24.8 Å². The Balaban J connectivity index is 2.16. The van der Waals surface area contributed by atoms with E-state index in [2.05, 4.69) is 15.8 Å². The van der Waals surface area contributed by atoms with Gasteiger partial charge in [0.25, 0.3) is 0 Å². The van der Waals surface area contributed by atoms with Crippen LogP contribution in [0.15, 0.2) is 12.1 Å². The summed E-state index contributed by atoms with van der Waals surface area (Å²) in [6, 6.07) is 3.41. The molecule has 0 aliphatic rings. The number of thioether (sulfide) groups is 1. The minimum absolute atomic E-state index is 0.184. The maximum atomic E-state index is 13.5. The molecule has 0 fully saturated rings. The van der Waals surface area contributed by atoms with Crippen LogP contribution in [0, 0.1) is 17.5 Å². The van der Waals surface area contributed by atoms with E-state index in [1.807, 2.05) is 17.8 Å². The fraction of sp³-hybridized carbons (Fsp3) is 0.500. The number of hydrogen-bond acceptors (Lipinski definition) is 2. The average molecular weight is 298 g/mol. The van der Waals surface area contributed by atoms with Crippen molar-refractivity contribution in [2.24, 2.45) is 0 Å². The topological polar surface area (TPSA) is 20.7 Å². The Hall–Kier alpha value is -0.810. The minimum Gasteiger partial charge on any atom is -0.330 e. The molecule has 104 valence electrons. The molecule has 0 saturated carbocycles. The molecule has 0 amide bonds. The molecule has 0 bridgehead atoms. The monoisotopic (exact) mass is 298 g/mol. The highest BCUT2D eigenvalue weighted by molar-refractivity contribution is 7.98. The molecule has 1 heterocycles. The molecule has 2 aromatic rings. The first-order chi connectivity index (χ1) is 9.13. The van der Waals surface area contributed by atoms with E-state index in [4.69, 9.17) is 12.2 Å². The number of H-pyrrole nitrogens is 1. The standard InChI is InChI=1S/C14H19FN2S2/c1-10-8-13-12(9-11(10)15)16-14(18)17(13)6-4-3-5-7-19-2/h8-9H,3-7H2,1-2H3,(H,16,18). The summed E-state index contributed by atoms with van der Waals surface area (Å²) in [5, 5.41) is 0. The average Bonchev–Trinajstić information content (AvgIpc) is 2.66. The van der Waals surface area contributed by atoms with Gasteiger partial charge in [-0.05, 0) is 61.7 Å². The van der Waals surface area contributed by atoms with Crippen molar-refractivity contribution in [2.45, 2.75) is 32.7 Å². The number of imidazole rings is 1. The number of aryl methyl sites for hydroxylation is 2. The van der Waals surface area contributed by atoms with Gasteiger partial charge in [0.15, 0.2) is 4.77 Å². The molecule has 0 spiro atoms. The van der Waals surface area contributed by atoms with E-state index in [1.54, 1.807) is 6.92 Å². The van der Waals surface area contributed by atoms with Gasteiger partial charge >= 0.3 is 0 Å². The fourth-order valence-electron chi connectivity index (χ4n) is 2.20. The lowest BCUT2D eigenvalue weighted by atomic mass is 10.2. The second-order valence-corrected chi connectivity index (χ2v) is 6.13. The number of fused-ring (bicyclic) bond motifs is 1. The summed E-state index contributed by atoms with van der Waals surface area (Å²) in [5.41, 5.74) is 2.46. The normalized spacial score (nSPS) is 11.3. The van der Waals surface area contributed by atoms with E-state index in [1.165, 1.54) is 24.7 Å². The fourth-order valence-corrected chi connectivity index (χ4v) is 2.99. The summed E-state index contributed by atoms with van der Waals surface area (Å²) in [7, 11) is 0. The summed E-state index contributed by atoms with van der Waals surface area (Å²) in [5.74, 6) is 1.03. The summed E-state index contributed by atoms with van der Waals surface area (Å²) in [6.07, 6.45) is 5.69. The molecule has 2 rings (SSSR count). The predicted molar refractivity (Wildman–Crippen MR) is 84.1 cm³/mol. The number of unbranched alkanes of at least 4 members (excludes halogenated alkanes) is 2. The van der Waals surface area contributed by atoms with Crippen molar-refractivity contribution >= 4 is 35.0 Å². The third kappa shape index (κ3) is 3.39. The molecule has 0 aliphatic heterocycles. The summed E-state index contributed by atoms with van der Waals surface area (Å²) in [4.78, 5) is 3.08. The molecule has 1 aromatic carbocycles. The maximum Gasteiger partial charge on any atom is 0.178 e. The van der Waals surface area contributed by atoms with Crippen molar-refractivity contribution in [1.82, 2.24) is 9.55 Å². The molecule has 0 aliphatic carbocycles. The van der Waals surface area contributed by atoms with Crippen LogP contribution >= 0.6 is 24.0 Å². The van der Waals surface area contributed by atoms with E-state index < -0.39 is 0 Å². The van der Waals surface area contributed by atoms with Crippen molar-refractivity contribution in [1.29, 1.82) is 0 Å². The molecule has 1 N–H and O–H groups in total. The number of aromatic nitrogens is 2. The van der Waals surface area contributed by atoms with E-state index in [9.17, 15) is 4.39 Å². The molecule has 0 saturated heterocycles. The van der Waals surface area contributed by atoms with Crippen LogP contribution in [-0.2, 0) is 6.54 Å². The van der Waals surface area contributed by atoms with Gasteiger partial charge in [0.2, 0.25) is 0 Å². The first-order valence-corrected chi connectivity index (χ1v) is 8.31. The highest BCUT2D eigenvalue weighted by atomic mass is 32.2. The van der Waals surface area contributed by atoms with E-state index in [0.717, 1.165) is 24.0 Å². The van der Waals surface area contributed by atoms with Crippen LogP contribution in [0.5, 0.6) is 0 Å². The van der Waals surface area contributed by atoms with Gasteiger partial charge < -0.3 is 9.55 Å². The van der Waals surface area contributed by atoms with Crippen LogP contribution in [-0.4, -0.2) is 21.6 Å². The van der Waals surface area contributed by atoms with Gasteiger partial charge in [0, 0.05) is 6.54 Å². The Morgan fingerprint density at radius 2 is 2.11 bits per heavy atom. The van der Waals surface area contributed by atoms with Crippen molar-refractivity contribution in [3.05, 3.63) is 28.3 Å². The van der Waals surface area contributed by atoms with Crippen LogP contribution in [0.25, 0.3) is 11.0 Å². The highest BCUT2D eigenvalue weighted by Gasteiger charge is 2.07. The first-order valence-electron chi connectivity index (χ1n) is 6.51. The maximum absolute atomic E-state index is 13.5. The van der Waals surface area contributed by atoms with Gasteiger partial charge in [-0.2, -0.15) is 11.8 Å². The Morgan fingerprint density at radius 1 is 1.32 bits per heavy atom. The molecule has 1 aromatic heterocycles. The number of rotatable bonds is 6. The zero-order chi connectivity index (χ0) is 13.8. The van der Waals surface area contributed by atoms with Gasteiger partial charge in [0.1, 0.15) is 5.82 Å². The van der Waals surface area contributed by atoms with E-state index in [0.29, 0.717) is 10.3 Å². The zero-order valence-electron chi connectivity index (χ0n) is 11.3. The largest absolute Gasteiger partial charge is 0.330 e. The van der Waals surface area contributed by atoms with Crippen molar-refractivity contribution in [2.75, 3.05) is 12.0 Å². The number of halogens is 1. The van der Waals surface area contributed by atoms with Crippen LogP contribution in [0.3, 0.4) is 0 Å². The zero-order valence-corrected chi connectivity index (χ0v) is 13.0. The van der Waals surface area contributed by atoms with E-state index in [-0.39, 0.29) is 5.82 Å². The summed E-state index contributed by atoms with van der Waals surface area (Å²) in [6.45, 7) is 2.69. The van der Waals surface area contributed by atoms with Gasteiger partial charge in [-0.15, -0.1) is 0 Å². The Labute approximate surface area is 122 Å². The summed E-state index contributed by atoms with van der Waals surface area (Å²) >= 11 is 7.20. The lowest BCUT2D eigenvalue weighted by Gasteiger charge is -2.05. The van der Waals surface area contributed by atoms with Gasteiger partial charge in [0.05, 0.1) is 11.0 Å². The van der Waals surface area contributed by atoms with Crippen LogP contribution < -0.4 is 0 Å². The van der Waals surface area contributed by atoms with Crippen LogP contribution in [0.4, 0.5) is 4.39 Å². The quantitative estimate of drug-likeness (QED) is 0.617. The highest BCUT2D eigenvalue weighted by Crippen LogP contribution is 2.19. The Morgan fingerprint density at radius 3 is 2.84 bits per heavy atom. The van der Waals surface area contributed by atoms with Crippen molar-refractivity contribution in [3.63, 3.8) is 0 Å². The second-order valence-electron chi connectivity index (χ2n) is 4.75. The molecule has 0 radical (unpaired) electrons. The number of aromatic amines is 1. The molecule has 2 nitrogen and oxygen atoms in total. The van der Waals surface area contributed by atoms with Gasteiger partial charge in [-0.1, -0.05) is 6.42 Å². The predicted octanol–water partition coefficient (Wildman–Crippen LogP) is 4.68. The smallest absolute Gasteiger partial charge is 0.178 e. The Bertz CT molecular complexity index is 616. The minimum atomic E-state index is -0.184. The Kier molecular flexibility index (Phi) is 5.05. The number of nitrogens with one attached hydrogen (secondary N) is 1. The third-order valence-corrected chi connectivity index (χ3v) is 4.30. The van der Waals surface area contributed by atoms with E-state index >= 15 is 0 Å². The molecule has 0 atom stereocenters. The molecular weight excluding hydrogens is 279 g/mol. The molecule has 5 heteroatoms. The van der Waals surface area contributed by atoms with Crippen molar-refractivity contribution in [3.8, 4) is 0 Å². The first kappa shape index (κ1) is 14.6. The number of hydrogen-bond donors (Lipinski definition) is 1. The lowest BCUT2D eigenvalue weighted by molar-refractivity contribution is 0.608. The second kappa shape index (κ2) is 6.57. The third-order valence-electron chi connectivity index (χ3n) is 3.28. The molecule has 19 heavy (non-hydrogen) atoms. The van der Waals surface area contributed by atoms with Gasteiger partial charge in [-0.3, -0.25) is 0 Å². The van der Waals surface area contributed by atoms with Crippen molar-refractivity contribution < 1.29 is 4.39 Å².